The monoisotopic (exact) mass is 296 g/mol. The van der Waals surface area contributed by atoms with Crippen LogP contribution in [0.2, 0.25) is 0 Å². The van der Waals surface area contributed by atoms with E-state index in [-0.39, 0.29) is 0 Å². The highest BCUT2D eigenvalue weighted by Gasteiger charge is 2.15. The summed E-state index contributed by atoms with van der Waals surface area (Å²) >= 11 is 3.44. The summed E-state index contributed by atoms with van der Waals surface area (Å²) in [5.74, 6) is -1.96. The summed E-state index contributed by atoms with van der Waals surface area (Å²) in [4.78, 5) is 0. The van der Waals surface area contributed by atoms with Crippen LogP contribution in [0, 0.1) is 0 Å². The Morgan fingerprint density at radius 2 is 1.20 bits per heavy atom. The summed E-state index contributed by atoms with van der Waals surface area (Å²) in [6.45, 7) is 4.41. The molecule has 0 saturated carbocycles. The van der Waals surface area contributed by atoms with E-state index in [1.807, 2.05) is 0 Å². The van der Waals surface area contributed by atoms with E-state index in [1.165, 1.54) is 38.5 Å². The molecule has 0 aromatic heterocycles. The zero-order valence-electron chi connectivity index (χ0n) is 10.3. The van der Waals surface area contributed by atoms with Crippen LogP contribution in [0.5, 0.6) is 0 Å². The van der Waals surface area contributed by atoms with Gasteiger partial charge in [-0.1, -0.05) is 52.4 Å². The Labute approximate surface area is 104 Å². The first-order chi connectivity index (χ1) is 7.12. The molecule has 92 valence electrons. The zero-order valence-corrected chi connectivity index (χ0v) is 12.8. The minimum absolute atomic E-state index is 0.902. The molecule has 15 heavy (non-hydrogen) atoms. The quantitative estimate of drug-likeness (QED) is 0.367. The van der Waals surface area contributed by atoms with Gasteiger partial charge in [0.05, 0.1) is 0 Å². The number of unbranched alkanes of at least 4 members (excludes halogenated alkanes) is 6. The maximum Gasteiger partial charge on any atom is 0.148 e. The summed E-state index contributed by atoms with van der Waals surface area (Å²) in [5.41, 5.74) is 0. The van der Waals surface area contributed by atoms with Gasteiger partial charge in [0.2, 0.25) is 0 Å². The van der Waals surface area contributed by atoms with E-state index in [0.29, 0.717) is 0 Å². The SMILES string of the molecule is CCCCCCP(=O)(Br)CCCCCC. The maximum absolute atomic E-state index is 12.1. The van der Waals surface area contributed by atoms with Gasteiger partial charge in [-0.2, -0.15) is 0 Å². The lowest BCUT2D eigenvalue weighted by Crippen LogP contribution is -1.91. The van der Waals surface area contributed by atoms with Gasteiger partial charge >= 0.3 is 0 Å². The highest BCUT2D eigenvalue weighted by atomic mass is 79.9. The highest BCUT2D eigenvalue weighted by Crippen LogP contribution is 2.55. The lowest BCUT2D eigenvalue weighted by atomic mass is 10.2. The largest absolute Gasteiger partial charge is 0.312 e. The molecular weight excluding hydrogens is 271 g/mol. The van der Waals surface area contributed by atoms with Crippen LogP contribution in [0.1, 0.15) is 65.2 Å². The Hall–Kier alpha value is 0.710. The van der Waals surface area contributed by atoms with Gasteiger partial charge in [-0.25, -0.2) is 0 Å². The highest BCUT2D eigenvalue weighted by molar-refractivity contribution is 9.40. The first-order valence-corrected chi connectivity index (χ1v) is 10.5. The van der Waals surface area contributed by atoms with Gasteiger partial charge in [0.25, 0.3) is 0 Å². The predicted octanol–water partition coefficient (Wildman–Crippen LogP) is 5.82. The third-order valence-electron chi connectivity index (χ3n) is 2.69. The van der Waals surface area contributed by atoms with Gasteiger partial charge < -0.3 is 4.57 Å². The summed E-state index contributed by atoms with van der Waals surface area (Å²) in [6.07, 6.45) is 11.6. The van der Waals surface area contributed by atoms with Crippen LogP contribution in [-0.2, 0) is 4.57 Å². The second-order valence-electron chi connectivity index (χ2n) is 4.36. The molecule has 0 spiro atoms. The molecule has 0 aliphatic carbocycles. The van der Waals surface area contributed by atoms with E-state index in [2.05, 4.69) is 29.3 Å². The van der Waals surface area contributed by atoms with Crippen LogP contribution in [0.25, 0.3) is 0 Å². The molecule has 0 aliphatic rings. The van der Waals surface area contributed by atoms with Crippen molar-refractivity contribution in [1.82, 2.24) is 0 Å². The molecule has 0 rings (SSSR count). The van der Waals surface area contributed by atoms with E-state index in [9.17, 15) is 4.57 Å². The predicted molar refractivity (Wildman–Crippen MR) is 74.6 cm³/mol. The van der Waals surface area contributed by atoms with Crippen molar-refractivity contribution in [1.29, 1.82) is 0 Å². The number of halogens is 1. The molecule has 0 radical (unpaired) electrons. The fourth-order valence-electron chi connectivity index (χ4n) is 1.66. The van der Waals surface area contributed by atoms with E-state index in [1.54, 1.807) is 0 Å². The Morgan fingerprint density at radius 1 is 0.800 bits per heavy atom. The fraction of sp³-hybridized carbons (Fsp3) is 1.00. The van der Waals surface area contributed by atoms with Crippen molar-refractivity contribution < 1.29 is 4.57 Å². The number of rotatable bonds is 10. The van der Waals surface area contributed by atoms with Crippen molar-refractivity contribution in [2.75, 3.05) is 12.3 Å². The third kappa shape index (κ3) is 11.0. The number of hydrogen-bond acceptors (Lipinski definition) is 1. The minimum Gasteiger partial charge on any atom is -0.312 e. The van der Waals surface area contributed by atoms with Crippen molar-refractivity contribution in [2.24, 2.45) is 0 Å². The average Bonchev–Trinajstić information content (AvgIpc) is 2.20. The van der Waals surface area contributed by atoms with E-state index in [0.717, 1.165) is 25.2 Å². The molecule has 1 nitrogen and oxygen atoms in total. The van der Waals surface area contributed by atoms with Crippen LogP contribution in [-0.4, -0.2) is 12.3 Å². The second-order valence-corrected chi connectivity index (χ2v) is 10.7. The summed E-state index contributed by atoms with van der Waals surface area (Å²) in [5, 5.41) is 0. The van der Waals surface area contributed by atoms with Gasteiger partial charge in [-0.05, 0) is 28.3 Å². The topological polar surface area (TPSA) is 17.1 Å². The molecule has 0 bridgehead atoms. The molecule has 0 aromatic rings. The van der Waals surface area contributed by atoms with Crippen molar-refractivity contribution in [3.05, 3.63) is 0 Å². The van der Waals surface area contributed by atoms with Crippen molar-refractivity contribution in [2.45, 2.75) is 65.2 Å². The Morgan fingerprint density at radius 3 is 1.53 bits per heavy atom. The lowest BCUT2D eigenvalue weighted by molar-refractivity contribution is 0.577. The molecule has 3 heteroatoms. The van der Waals surface area contributed by atoms with Crippen LogP contribution in [0.4, 0.5) is 0 Å². The summed E-state index contributed by atoms with van der Waals surface area (Å²) < 4.78 is 12.1. The molecule has 0 fully saturated rings. The van der Waals surface area contributed by atoms with Gasteiger partial charge in [-0.3, -0.25) is 0 Å². The lowest BCUT2D eigenvalue weighted by Gasteiger charge is -2.10. The molecule has 0 heterocycles. The first kappa shape index (κ1) is 15.7. The molecule has 0 N–H and O–H groups in total. The molecule has 0 unspecified atom stereocenters. The van der Waals surface area contributed by atoms with Crippen molar-refractivity contribution >= 4 is 21.3 Å². The fourth-order valence-corrected chi connectivity index (χ4v) is 4.78. The van der Waals surface area contributed by atoms with Crippen LogP contribution in [0.15, 0.2) is 0 Å². The van der Waals surface area contributed by atoms with Gasteiger partial charge in [0.15, 0.2) is 0 Å². The van der Waals surface area contributed by atoms with E-state index in [4.69, 9.17) is 0 Å². The Kier molecular flexibility index (Phi) is 10.4. The average molecular weight is 297 g/mol. The maximum atomic E-state index is 12.1. The van der Waals surface area contributed by atoms with Crippen LogP contribution >= 0.6 is 21.3 Å². The molecular formula is C12H26BrOP. The standard InChI is InChI=1S/C12H26BrOP/c1-3-5-7-9-11-15(13,14)12-10-8-6-4-2/h3-12H2,1-2H3. The van der Waals surface area contributed by atoms with E-state index < -0.39 is 5.84 Å². The van der Waals surface area contributed by atoms with E-state index >= 15 is 0 Å². The zero-order chi connectivity index (χ0) is 11.6. The Balaban J connectivity index is 3.45. The number of hydrogen-bond donors (Lipinski definition) is 0. The molecule has 0 amide bonds. The molecule has 0 aromatic carbocycles. The minimum atomic E-state index is -1.96. The summed E-state index contributed by atoms with van der Waals surface area (Å²) in [7, 11) is 0. The second kappa shape index (κ2) is 9.90. The Bertz CT molecular complexity index is 166. The molecule has 0 atom stereocenters. The molecule has 0 aliphatic heterocycles. The smallest absolute Gasteiger partial charge is 0.148 e. The van der Waals surface area contributed by atoms with Gasteiger partial charge in [-0.15, -0.1) is 0 Å². The van der Waals surface area contributed by atoms with Crippen molar-refractivity contribution in [3.8, 4) is 0 Å². The summed E-state index contributed by atoms with van der Waals surface area (Å²) in [6, 6.07) is 0. The van der Waals surface area contributed by atoms with Gasteiger partial charge in [0.1, 0.15) is 5.84 Å². The molecule has 0 saturated heterocycles. The first-order valence-electron chi connectivity index (χ1n) is 6.40. The van der Waals surface area contributed by atoms with Crippen LogP contribution < -0.4 is 0 Å². The van der Waals surface area contributed by atoms with Crippen LogP contribution in [0.3, 0.4) is 0 Å². The van der Waals surface area contributed by atoms with Gasteiger partial charge in [0, 0.05) is 12.3 Å². The van der Waals surface area contributed by atoms with Crippen molar-refractivity contribution in [3.63, 3.8) is 0 Å². The normalized spacial score (nSPS) is 11.9. The third-order valence-corrected chi connectivity index (χ3v) is 6.79.